The Bertz CT molecular complexity index is 318. The van der Waals surface area contributed by atoms with Crippen molar-refractivity contribution in [2.75, 3.05) is 19.6 Å². The fourth-order valence-corrected chi connectivity index (χ4v) is 3.08. The third-order valence-electron chi connectivity index (χ3n) is 4.18. The van der Waals surface area contributed by atoms with Crippen molar-refractivity contribution >= 4 is 5.91 Å². The molecule has 3 heteroatoms. The maximum Gasteiger partial charge on any atom is 0.217 e. The summed E-state index contributed by atoms with van der Waals surface area (Å²) in [5, 5.41) is 2.97. The third kappa shape index (κ3) is 3.09. The molecule has 3 nitrogen and oxygen atoms in total. The molecule has 0 aromatic rings. The Morgan fingerprint density at radius 2 is 2.24 bits per heavy atom. The molecule has 0 radical (unpaired) electrons. The zero-order valence-corrected chi connectivity index (χ0v) is 11.2. The zero-order chi connectivity index (χ0) is 12.4. The van der Waals surface area contributed by atoms with Gasteiger partial charge in [0.05, 0.1) is 6.04 Å². The highest BCUT2D eigenvalue weighted by Gasteiger charge is 2.31. The topological polar surface area (TPSA) is 32.3 Å². The Kier molecular flexibility index (Phi) is 3.87. The molecule has 1 fully saturated rings. The Morgan fingerprint density at radius 1 is 1.53 bits per heavy atom. The molecule has 0 spiro atoms. The number of carbonyl (C=O) groups excluding carboxylic acids is 1. The summed E-state index contributed by atoms with van der Waals surface area (Å²) in [5.74, 6) is 1.62. The van der Waals surface area contributed by atoms with Crippen LogP contribution in [0.5, 0.6) is 0 Å². The Hall–Kier alpha value is -0.830. The minimum atomic E-state index is 0.0942. The molecule has 1 N–H and O–H groups in total. The van der Waals surface area contributed by atoms with Gasteiger partial charge in [-0.15, -0.1) is 0 Å². The molecule has 2 rings (SSSR count). The number of nitrogens with zero attached hydrogens (tertiary/aromatic N) is 1. The number of nitrogens with one attached hydrogen (secondary N) is 1. The largest absolute Gasteiger partial charge is 0.351 e. The Morgan fingerprint density at radius 3 is 2.82 bits per heavy atom. The highest BCUT2D eigenvalue weighted by molar-refractivity contribution is 5.73. The summed E-state index contributed by atoms with van der Waals surface area (Å²) < 4.78 is 0. The lowest BCUT2D eigenvalue weighted by molar-refractivity contribution is -0.120. The highest BCUT2D eigenvalue weighted by Crippen LogP contribution is 2.31. The zero-order valence-electron chi connectivity index (χ0n) is 11.2. The van der Waals surface area contributed by atoms with Crippen LogP contribution in [0.1, 0.15) is 33.6 Å². The van der Waals surface area contributed by atoms with E-state index in [4.69, 9.17) is 0 Å². The van der Waals surface area contributed by atoms with Crippen LogP contribution >= 0.6 is 0 Å². The van der Waals surface area contributed by atoms with Gasteiger partial charge >= 0.3 is 0 Å². The predicted molar refractivity (Wildman–Crippen MR) is 69.7 cm³/mol. The van der Waals surface area contributed by atoms with Crippen LogP contribution in [0.2, 0.25) is 0 Å². The Labute approximate surface area is 104 Å². The van der Waals surface area contributed by atoms with Crippen LogP contribution in [-0.4, -0.2) is 36.5 Å². The molecular formula is C14H24N2O. The fraction of sp³-hybridized carbons (Fsp3) is 0.786. The SMILES string of the molecule is CC(=O)NC1CN(C[C@H]2C(C)=CCC[C@@H]2C)C1. The van der Waals surface area contributed by atoms with Crippen molar-refractivity contribution in [1.82, 2.24) is 10.2 Å². The molecule has 1 amide bonds. The van der Waals surface area contributed by atoms with E-state index in [-0.39, 0.29) is 5.91 Å². The van der Waals surface area contributed by atoms with Gasteiger partial charge < -0.3 is 5.32 Å². The second-order valence-electron chi connectivity index (χ2n) is 5.73. The van der Waals surface area contributed by atoms with Crippen LogP contribution in [0.3, 0.4) is 0 Å². The van der Waals surface area contributed by atoms with Crippen LogP contribution in [0.4, 0.5) is 0 Å². The lowest BCUT2D eigenvalue weighted by Gasteiger charge is -2.43. The van der Waals surface area contributed by atoms with Crippen molar-refractivity contribution in [2.24, 2.45) is 11.8 Å². The first-order valence-corrected chi connectivity index (χ1v) is 6.72. The average Bonchev–Trinajstić information content (AvgIpc) is 2.18. The molecule has 1 saturated heterocycles. The van der Waals surface area contributed by atoms with Gasteiger partial charge in [0.1, 0.15) is 0 Å². The van der Waals surface area contributed by atoms with Crippen LogP contribution in [-0.2, 0) is 4.79 Å². The van der Waals surface area contributed by atoms with Gasteiger partial charge in [-0.2, -0.15) is 0 Å². The lowest BCUT2D eigenvalue weighted by Crippen LogP contribution is -2.60. The van der Waals surface area contributed by atoms with Crippen LogP contribution in [0.15, 0.2) is 11.6 Å². The van der Waals surface area contributed by atoms with E-state index in [1.807, 2.05) is 0 Å². The van der Waals surface area contributed by atoms with Crippen LogP contribution in [0, 0.1) is 11.8 Å². The molecule has 0 unspecified atom stereocenters. The van der Waals surface area contributed by atoms with Crippen molar-refractivity contribution in [3.05, 3.63) is 11.6 Å². The van der Waals surface area contributed by atoms with E-state index in [0.717, 1.165) is 24.9 Å². The van der Waals surface area contributed by atoms with Gasteiger partial charge in [-0.1, -0.05) is 18.6 Å². The molecule has 0 aromatic carbocycles. The molecule has 1 heterocycles. The highest BCUT2D eigenvalue weighted by atomic mass is 16.1. The molecular weight excluding hydrogens is 212 g/mol. The summed E-state index contributed by atoms with van der Waals surface area (Å²) in [4.78, 5) is 13.4. The van der Waals surface area contributed by atoms with E-state index in [2.05, 4.69) is 30.1 Å². The van der Waals surface area contributed by atoms with E-state index in [0.29, 0.717) is 6.04 Å². The minimum Gasteiger partial charge on any atom is -0.351 e. The maximum atomic E-state index is 10.9. The molecule has 0 bridgehead atoms. The van der Waals surface area contributed by atoms with Crippen molar-refractivity contribution in [3.8, 4) is 0 Å². The van der Waals surface area contributed by atoms with Gasteiger partial charge in [0.15, 0.2) is 0 Å². The van der Waals surface area contributed by atoms with Gasteiger partial charge in [-0.3, -0.25) is 9.69 Å². The molecule has 1 aliphatic heterocycles. The normalized spacial score (nSPS) is 30.6. The van der Waals surface area contributed by atoms with Crippen molar-refractivity contribution in [3.63, 3.8) is 0 Å². The smallest absolute Gasteiger partial charge is 0.217 e. The van der Waals surface area contributed by atoms with Crippen LogP contribution in [0.25, 0.3) is 0 Å². The number of carbonyl (C=O) groups is 1. The van der Waals surface area contributed by atoms with Crippen molar-refractivity contribution < 1.29 is 4.79 Å². The van der Waals surface area contributed by atoms with Gasteiger partial charge in [-0.25, -0.2) is 0 Å². The van der Waals surface area contributed by atoms with Gasteiger partial charge in [-0.05, 0) is 31.6 Å². The number of likely N-dealkylation sites (tertiary alicyclic amines) is 1. The molecule has 1 aliphatic carbocycles. The molecule has 17 heavy (non-hydrogen) atoms. The lowest BCUT2D eigenvalue weighted by atomic mass is 9.79. The average molecular weight is 236 g/mol. The van der Waals surface area contributed by atoms with Gasteiger partial charge in [0, 0.05) is 26.6 Å². The maximum absolute atomic E-state index is 10.9. The van der Waals surface area contributed by atoms with E-state index in [9.17, 15) is 4.79 Å². The second-order valence-corrected chi connectivity index (χ2v) is 5.73. The third-order valence-corrected chi connectivity index (χ3v) is 4.18. The quantitative estimate of drug-likeness (QED) is 0.758. The first-order valence-electron chi connectivity index (χ1n) is 6.72. The number of hydrogen-bond acceptors (Lipinski definition) is 2. The van der Waals surface area contributed by atoms with Crippen molar-refractivity contribution in [1.29, 1.82) is 0 Å². The predicted octanol–water partition coefficient (Wildman–Crippen LogP) is 1.80. The summed E-state index contributed by atoms with van der Waals surface area (Å²) >= 11 is 0. The first kappa shape index (κ1) is 12.6. The Balaban J connectivity index is 1.77. The standard InChI is InChI=1S/C14H24N2O/c1-10-5-4-6-11(2)14(10)9-16-7-13(8-16)15-12(3)17/h5,11,13-14H,4,6-9H2,1-3H3,(H,15,17)/t11-,14-/m0/s1. The van der Waals surface area contributed by atoms with E-state index in [1.165, 1.54) is 19.4 Å². The molecule has 0 aromatic heterocycles. The van der Waals surface area contributed by atoms with E-state index >= 15 is 0 Å². The molecule has 96 valence electrons. The molecule has 2 aliphatic rings. The van der Waals surface area contributed by atoms with E-state index in [1.54, 1.807) is 12.5 Å². The van der Waals surface area contributed by atoms with Crippen molar-refractivity contribution in [2.45, 2.75) is 39.7 Å². The summed E-state index contributed by atoms with van der Waals surface area (Å²) in [5.41, 5.74) is 1.56. The fourth-order valence-electron chi connectivity index (χ4n) is 3.08. The minimum absolute atomic E-state index is 0.0942. The van der Waals surface area contributed by atoms with Crippen LogP contribution < -0.4 is 5.32 Å². The summed E-state index contributed by atoms with van der Waals surface area (Å²) in [6.45, 7) is 9.45. The summed E-state index contributed by atoms with van der Waals surface area (Å²) in [6.07, 6.45) is 4.97. The first-order chi connectivity index (χ1) is 8.06. The summed E-state index contributed by atoms with van der Waals surface area (Å²) in [6, 6.07) is 0.385. The number of rotatable bonds is 3. The summed E-state index contributed by atoms with van der Waals surface area (Å²) in [7, 11) is 0. The number of allylic oxidation sites excluding steroid dienone is 1. The van der Waals surface area contributed by atoms with Gasteiger partial charge in [0.25, 0.3) is 0 Å². The second kappa shape index (κ2) is 5.21. The molecule has 2 atom stereocenters. The monoisotopic (exact) mass is 236 g/mol. The van der Waals surface area contributed by atoms with Gasteiger partial charge in [0.2, 0.25) is 5.91 Å². The number of hydrogen-bond donors (Lipinski definition) is 1. The number of amides is 1. The van der Waals surface area contributed by atoms with E-state index < -0.39 is 0 Å². The molecule has 0 saturated carbocycles.